The minimum absolute atomic E-state index is 0.0210. The van der Waals surface area contributed by atoms with Crippen molar-refractivity contribution in [2.75, 3.05) is 0 Å². The van der Waals surface area contributed by atoms with Gasteiger partial charge < -0.3 is 15.7 Å². The van der Waals surface area contributed by atoms with Gasteiger partial charge >= 0.3 is 12.0 Å². The molecular formula is C14H22N2O3S. The van der Waals surface area contributed by atoms with E-state index in [-0.39, 0.29) is 12.1 Å². The third-order valence-electron chi connectivity index (χ3n) is 3.27. The molecule has 3 atom stereocenters. The van der Waals surface area contributed by atoms with Crippen LogP contribution in [0.3, 0.4) is 0 Å². The van der Waals surface area contributed by atoms with Gasteiger partial charge in [0.2, 0.25) is 0 Å². The van der Waals surface area contributed by atoms with Gasteiger partial charge in [-0.3, -0.25) is 4.79 Å². The van der Waals surface area contributed by atoms with Crippen molar-refractivity contribution < 1.29 is 14.7 Å². The molecule has 3 unspecified atom stereocenters. The average molecular weight is 298 g/mol. The molecule has 5 nitrogen and oxygen atoms in total. The van der Waals surface area contributed by atoms with Gasteiger partial charge in [0.25, 0.3) is 0 Å². The lowest BCUT2D eigenvalue weighted by molar-refractivity contribution is -0.141. The standard InChI is InChI=1S/C14H22N2O3S/c1-4-6-11(12-7-5-8-20-12)16-14(19)15-10(3)9(2)13(17)18/h5,7-11H,4,6H2,1-3H3,(H,17,18)(H2,15,16,19). The van der Waals surface area contributed by atoms with Crippen molar-refractivity contribution in [1.29, 1.82) is 0 Å². The molecular weight excluding hydrogens is 276 g/mol. The monoisotopic (exact) mass is 298 g/mol. The van der Waals surface area contributed by atoms with Crippen LogP contribution in [0.1, 0.15) is 44.5 Å². The van der Waals surface area contributed by atoms with E-state index in [1.165, 1.54) is 0 Å². The molecule has 0 aliphatic heterocycles. The largest absolute Gasteiger partial charge is 0.481 e. The maximum atomic E-state index is 12.0. The van der Waals surface area contributed by atoms with E-state index in [0.29, 0.717) is 0 Å². The second-order valence-corrected chi connectivity index (χ2v) is 5.87. The van der Waals surface area contributed by atoms with Gasteiger partial charge in [-0.2, -0.15) is 0 Å². The molecule has 0 radical (unpaired) electrons. The van der Waals surface area contributed by atoms with Crippen LogP contribution >= 0.6 is 11.3 Å². The second-order valence-electron chi connectivity index (χ2n) is 4.89. The summed E-state index contributed by atoms with van der Waals surface area (Å²) in [6, 6.07) is 3.19. The van der Waals surface area contributed by atoms with Gasteiger partial charge in [0, 0.05) is 10.9 Å². The molecule has 0 aromatic carbocycles. The molecule has 1 heterocycles. The van der Waals surface area contributed by atoms with Crippen molar-refractivity contribution >= 4 is 23.3 Å². The van der Waals surface area contributed by atoms with Gasteiger partial charge in [-0.05, 0) is 31.7 Å². The Labute approximate surface area is 123 Å². The lowest BCUT2D eigenvalue weighted by Crippen LogP contribution is -2.46. The van der Waals surface area contributed by atoms with Gasteiger partial charge in [0.1, 0.15) is 0 Å². The predicted molar refractivity (Wildman–Crippen MR) is 79.9 cm³/mol. The van der Waals surface area contributed by atoms with Crippen LogP contribution in [-0.4, -0.2) is 23.1 Å². The Morgan fingerprint density at radius 3 is 2.55 bits per heavy atom. The Balaban J connectivity index is 2.56. The molecule has 1 rings (SSSR count). The zero-order valence-electron chi connectivity index (χ0n) is 12.1. The van der Waals surface area contributed by atoms with Crippen molar-refractivity contribution in [2.45, 2.75) is 45.7 Å². The van der Waals surface area contributed by atoms with Gasteiger partial charge in [-0.25, -0.2) is 4.79 Å². The summed E-state index contributed by atoms with van der Waals surface area (Å²) in [5.41, 5.74) is 0. The fraction of sp³-hybridized carbons (Fsp3) is 0.571. The van der Waals surface area contributed by atoms with Crippen LogP contribution in [0.15, 0.2) is 17.5 Å². The van der Waals surface area contributed by atoms with E-state index in [4.69, 9.17) is 5.11 Å². The Hall–Kier alpha value is -1.56. The zero-order chi connectivity index (χ0) is 15.1. The van der Waals surface area contributed by atoms with Gasteiger partial charge in [-0.15, -0.1) is 11.3 Å². The van der Waals surface area contributed by atoms with E-state index in [9.17, 15) is 9.59 Å². The van der Waals surface area contributed by atoms with Gasteiger partial charge in [0.05, 0.1) is 12.0 Å². The summed E-state index contributed by atoms with van der Waals surface area (Å²) in [6.07, 6.45) is 1.82. The summed E-state index contributed by atoms with van der Waals surface area (Å²) < 4.78 is 0. The third kappa shape index (κ3) is 4.85. The molecule has 0 spiro atoms. The fourth-order valence-electron chi connectivity index (χ4n) is 1.81. The van der Waals surface area contributed by atoms with Crippen LogP contribution in [0.25, 0.3) is 0 Å². The first-order valence-electron chi connectivity index (χ1n) is 6.79. The minimum Gasteiger partial charge on any atom is -0.481 e. The van der Waals surface area contributed by atoms with Crippen LogP contribution in [0.5, 0.6) is 0 Å². The summed E-state index contributed by atoms with van der Waals surface area (Å²) in [5, 5.41) is 16.5. The lowest BCUT2D eigenvalue weighted by Gasteiger charge is -2.21. The van der Waals surface area contributed by atoms with Crippen molar-refractivity contribution in [1.82, 2.24) is 10.6 Å². The number of carboxylic acids is 1. The number of amides is 2. The Morgan fingerprint density at radius 1 is 1.35 bits per heavy atom. The summed E-state index contributed by atoms with van der Waals surface area (Å²) in [6.45, 7) is 5.34. The Kier molecular flexibility index (Phi) is 6.51. The molecule has 0 saturated carbocycles. The molecule has 0 aliphatic carbocycles. The molecule has 0 saturated heterocycles. The minimum atomic E-state index is -0.916. The lowest BCUT2D eigenvalue weighted by atomic mass is 10.0. The number of carbonyl (C=O) groups excluding carboxylic acids is 1. The van der Waals surface area contributed by atoms with E-state index in [1.54, 1.807) is 25.2 Å². The van der Waals surface area contributed by atoms with E-state index in [1.807, 2.05) is 17.5 Å². The normalized spacial score (nSPS) is 15.2. The number of hydrogen-bond donors (Lipinski definition) is 3. The number of carboxylic acid groups (broad SMARTS) is 1. The van der Waals surface area contributed by atoms with E-state index >= 15 is 0 Å². The SMILES string of the molecule is CCCC(NC(=O)NC(C)C(C)C(=O)O)c1cccs1. The van der Waals surface area contributed by atoms with Crippen molar-refractivity contribution in [3.8, 4) is 0 Å². The van der Waals surface area contributed by atoms with Crippen molar-refractivity contribution in [3.63, 3.8) is 0 Å². The second kappa shape index (κ2) is 7.89. The van der Waals surface area contributed by atoms with Gasteiger partial charge in [-0.1, -0.05) is 19.4 Å². The first kappa shape index (κ1) is 16.5. The summed E-state index contributed by atoms with van der Waals surface area (Å²) in [5.74, 6) is -1.53. The highest BCUT2D eigenvalue weighted by atomic mass is 32.1. The quantitative estimate of drug-likeness (QED) is 0.724. The number of aliphatic carboxylic acids is 1. The summed E-state index contributed by atoms with van der Waals surface area (Å²) in [7, 11) is 0. The van der Waals surface area contributed by atoms with E-state index in [2.05, 4.69) is 17.6 Å². The smallest absolute Gasteiger partial charge is 0.315 e. The number of urea groups is 1. The molecule has 1 aromatic rings. The fourth-order valence-corrected chi connectivity index (χ4v) is 2.62. The summed E-state index contributed by atoms with van der Waals surface area (Å²) >= 11 is 1.61. The van der Waals surface area contributed by atoms with Crippen LogP contribution in [-0.2, 0) is 4.79 Å². The predicted octanol–water partition coefficient (Wildman–Crippen LogP) is 3.00. The van der Waals surface area contributed by atoms with Crippen LogP contribution < -0.4 is 10.6 Å². The number of hydrogen-bond acceptors (Lipinski definition) is 3. The van der Waals surface area contributed by atoms with Crippen LogP contribution in [0, 0.1) is 5.92 Å². The molecule has 20 heavy (non-hydrogen) atoms. The molecule has 1 aromatic heterocycles. The molecule has 112 valence electrons. The van der Waals surface area contributed by atoms with E-state index < -0.39 is 17.9 Å². The Bertz CT molecular complexity index is 434. The molecule has 2 amide bonds. The topological polar surface area (TPSA) is 78.4 Å². The highest BCUT2D eigenvalue weighted by molar-refractivity contribution is 7.10. The average Bonchev–Trinajstić information content (AvgIpc) is 2.90. The molecule has 0 aliphatic rings. The Morgan fingerprint density at radius 2 is 2.05 bits per heavy atom. The molecule has 0 fully saturated rings. The van der Waals surface area contributed by atoms with Gasteiger partial charge in [0.15, 0.2) is 0 Å². The first-order chi connectivity index (χ1) is 9.45. The number of rotatable bonds is 7. The van der Waals surface area contributed by atoms with Crippen molar-refractivity contribution in [2.24, 2.45) is 5.92 Å². The highest BCUT2D eigenvalue weighted by Crippen LogP contribution is 2.23. The maximum Gasteiger partial charge on any atom is 0.315 e. The highest BCUT2D eigenvalue weighted by Gasteiger charge is 2.22. The van der Waals surface area contributed by atoms with Crippen LogP contribution in [0.2, 0.25) is 0 Å². The molecule has 6 heteroatoms. The number of thiophene rings is 1. The zero-order valence-corrected chi connectivity index (χ0v) is 12.9. The van der Waals surface area contributed by atoms with E-state index in [0.717, 1.165) is 17.7 Å². The third-order valence-corrected chi connectivity index (χ3v) is 4.25. The summed E-state index contributed by atoms with van der Waals surface area (Å²) in [4.78, 5) is 23.9. The van der Waals surface area contributed by atoms with Crippen LogP contribution in [0.4, 0.5) is 4.79 Å². The number of carbonyl (C=O) groups is 2. The first-order valence-corrected chi connectivity index (χ1v) is 7.66. The molecule has 3 N–H and O–H groups in total. The molecule has 0 bridgehead atoms. The van der Waals surface area contributed by atoms with Crippen molar-refractivity contribution in [3.05, 3.63) is 22.4 Å². The number of nitrogens with one attached hydrogen (secondary N) is 2. The maximum absolute atomic E-state index is 12.0.